The van der Waals surface area contributed by atoms with E-state index < -0.39 is 15.9 Å². The fourth-order valence-electron chi connectivity index (χ4n) is 2.26. The Morgan fingerprint density at radius 1 is 1.16 bits per heavy atom. The fraction of sp³-hybridized carbons (Fsp3) is 0.235. The van der Waals surface area contributed by atoms with E-state index in [1.807, 2.05) is 0 Å². The summed E-state index contributed by atoms with van der Waals surface area (Å²) in [6, 6.07) is 12.0. The molecule has 1 amide bonds. The summed E-state index contributed by atoms with van der Waals surface area (Å²) < 4.78 is 38.9. The molecular weight excluding hydrogens is 411 g/mol. The molecule has 0 aliphatic heterocycles. The number of halogens is 2. The standard InChI is InChI=1S/C17H18BrFN2O3S/c1-12(13-3-7-15(19)8-4-13)20-17(22)11-21(25(2,23)24)16-9-5-14(18)6-10-16/h3-10,12H,11H2,1-2H3,(H,20,22)/t12-/m1/s1. The highest BCUT2D eigenvalue weighted by Gasteiger charge is 2.21. The maximum Gasteiger partial charge on any atom is 0.241 e. The lowest BCUT2D eigenvalue weighted by Crippen LogP contribution is -2.41. The van der Waals surface area contributed by atoms with Gasteiger partial charge in [0.2, 0.25) is 15.9 Å². The highest BCUT2D eigenvalue weighted by Crippen LogP contribution is 2.21. The molecule has 0 aliphatic carbocycles. The minimum atomic E-state index is -3.62. The van der Waals surface area contributed by atoms with E-state index in [9.17, 15) is 17.6 Å². The number of benzene rings is 2. The summed E-state index contributed by atoms with van der Waals surface area (Å²) in [6.07, 6.45) is 1.05. The Labute approximate surface area is 155 Å². The maximum atomic E-state index is 13.0. The Morgan fingerprint density at radius 3 is 2.24 bits per heavy atom. The van der Waals surface area contributed by atoms with Crippen LogP contribution in [0.25, 0.3) is 0 Å². The molecule has 0 aromatic heterocycles. The molecule has 8 heteroatoms. The van der Waals surface area contributed by atoms with Gasteiger partial charge in [-0.15, -0.1) is 0 Å². The van der Waals surface area contributed by atoms with Crippen LogP contribution in [0.3, 0.4) is 0 Å². The first-order valence-corrected chi connectivity index (χ1v) is 10.1. The predicted molar refractivity (Wildman–Crippen MR) is 99.3 cm³/mol. The molecule has 0 saturated carbocycles. The van der Waals surface area contributed by atoms with Crippen LogP contribution in [0.2, 0.25) is 0 Å². The van der Waals surface area contributed by atoms with Crippen molar-refractivity contribution < 1.29 is 17.6 Å². The van der Waals surface area contributed by atoms with Gasteiger partial charge in [0.1, 0.15) is 12.4 Å². The van der Waals surface area contributed by atoms with Crippen LogP contribution in [-0.2, 0) is 14.8 Å². The van der Waals surface area contributed by atoms with E-state index in [1.165, 1.54) is 12.1 Å². The lowest BCUT2D eigenvalue weighted by molar-refractivity contribution is -0.120. The van der Waals surface area contributed by atoms with E-state index in [-0.39, 0.29) is 18.4 Å². The number of hydrogen-bond acceptors (Lipinski definition) is 3. The average Bonchev–Trinajstić information content (AvgIpc) is 2.53. The first-order valence-electron chi connectivity index (χ1n) is 7.45. The van der Waals surface area contributed by atoms with Gasteiger partial charge in [0.05, 0.1) is 18.0 Å². The molecule has 2 aromatic rings. The molecule has 134 valence electrons. The summed E-state index contributed by atoms with van der Waals surface area (Å²) in [5.74, 6) is -0.814. The number of anilines is 1. The third-order valence-corrected chi connectivity index (χ3v) is 5.22. The third-order valence-electron chi connectivity index (χ3n) is 3.55. The molecular formula is C17H18BrFN2O3S. The van der Waals surface area contributed by atoms with Crippen molar-refractivity contribution in [2.75, 3.05) is 17.1 Å². The number of rotatable bonds is 6. The monoisotopic (exact) mass is 428 g/mol. The molecule has 5 nitrogen and oxygen atoms in total. The Balaban J connectivity index is 2.12. The summed E-state index contributed by atoms with van der Waals surface area (Å²) >= 11 is 3.29. The number of hydrogen-bond donors (Lipinski definition) is 1. The van der Waals surface area contributed by atoms with Crippen molar-refractivity contribution >= 4 is 37.5 Å². The second-order valence-corrected chi connectivity index (χ2v) is 8.41. The van der Waals surface area contributed by atoms with Crippen LogP contribution < -0.4 is 9.62 Å². The van der Waals surface area contributed by atoms with Gasteiger partial charge in [-0.05, 0) is 48.9 Å². The Morgan fingerprint density at radius 2 is 1.72 bits per heavy atom. The van der Waals surface area contributed by atoms with E-state index in [0.717, 1.165) is 20.6 Å². The van der Waals surface area contributed by atoms with Crippen LogP contribution >= 0.6 is 15.9 Å². The summed E-state index contributed by atoms with van der Waals surface area (Å²) in [7, 11) is -3.62. The van der Waals surface area contributed by atoms with Crippen molar-refractivity contribution in [2.45, 2.75) is 13.0 Å². The molecule has 1 atom stereocenters. The van der Waals surface area contributed by atoms with Crippen molar-refractivity contribution in [3.63, 3.8) is 0 Å². The van der Waals surface area contributed by atoms with Gasteiger partial charge >= 0.3 is 0 Å². The SMILES string of the molecule is C[C@@H](NC(=O)CN(c1ccc(Br)cc1)S(C)(=O)=O)c1ccc(F)cc1. The van der Waals surface area contributed by atoms with E-state index in [4.69, 9.17) is 0 Å². The largest absolute Gasteiger partial charge is 0.348 e. The van der Waals surface area contributed by atoms with E-state index in [1.54, 1.807) is 43.3 Å². The fourth-order valence-corrected chi connectivity index (χ4v) is 3.38. The molecule has 0 heterocycles. The van der Waals surface area contributed by atoms with Crippen molar-refractivity contribution in [3.8, 4) is 0 Å². The van der Waals surface area contributed by atoms with Crippen molar-refractivity contribution in [1.29, 1.82) is 0 Å². The zero-order chi connectivity index (χ0) is 18.6. The van der Waals surface area contributed by atoms with Gasteiger partial charge in [-0.1, -0.05) is 28.1 Å². The number of nitrogens with zero attached hydrogens (tertiary/aromatic N) is 1. The van der Waals surface area contributed by atoms with Crippen molar-refractivity contribution in [1.82, 2.24) is 5.32 Å². The number of carbonyl (C=O) groups excluding carboxylic acids is 1. The normalized spacial score (nSPS) is 12.5. The van der Waals surface area contributed by atoms with Crippen LogP contribution in [0.4, 0.5) is 10.1 Å². The number of nitrogens with one attached hydrogen (secondary N) is 1. The molecule has 0 radical (unpaired) electrons. The van der Waals surface area contributed by atoms with E-state index >= 15 is 0 Å². The zero-order valence-electron chi connectivity index (χ0n) is 13.7. The third kappa shape index (κ3) is 5.54. The van der Waals surface area contributed by atoms with Gasteiger partial charge in [-0.2, -0.15) is 0 Å². The predicted octanol–water partition coefficient (Wildman–Crippen LogP) is 3.23. The molecule has 0 unspecified atom stereocenters. The average molecular weight is 429 g/mol. The smallest absolute Gasteiger partial charge is 0.241 e. The van der Waals surface area contributed by atoms with Gasteiger partial charge < -0.3 is 5.32 Å². The Hall–Kier alpha value is -1.93. The van der Waals surface area contributed by atoms with Gasteiger partial charge in [-0.3, -0.25) is 9.10 Å². The molecule has 2 aromatic carbocycles. The van der Waals surface area contributed by atoms with Crippen LogP contribution in [0.1, 0.15) is 18.5 Å². The molecule has 0 spiro atoms. The Kier molecular flexibility index (Phi) is 6.18. The van der Waals surface area contributed by atoms with Crippen LogP contribution in [0.15, 0.2) is 53.0 Å². The molecule has 25 heavy (non-hydrogen) atoms. The summed E-state index contributed by atoms with van der Waals surface area (Å²) in [6.45, 7) is 1.40. The zero-order valence-corrected chi connectivity index (χ0v) is 16.1. The molecule has 0 fully saturated rings. The lowest BCUT2D eigenvalue weighted by atomic mass is 10.1. The van der Waals surface area contributed by atoms with Crippen LogP contribution in [0, 0.1) is 5.82 Å². The molecule has 0 saturated heterocycles. The van der Waals surface area contributed by atoms with Crippen LogP contribution in [0.5, 0.6) is 0 Å². The highest BCUT2D eigenvalue weighted by molar-refractivity contribution is 9.10. The van der Waals surface area contributed by atoms with Crippen molar-refractivity contribution in [2.24, 2.45) is 0 Å². The van der Waals surface area contributed by atoms with E-state index in [2.05, 4.69) is 21.2 Å². The molecule has 1 N–H and O–H groups in total. The lowest BCUT2D eigenvalue weighted by Gasteiger charge is -2.23. The number of carbonyl (C=O) groups is 1. The van der Waals surface area contributed by atoms with Crippen LogP contribution in [-0.4, -0.2) is 27.1 Å². The first kappa shape index (κ1) is 19.4. The van der Waals surface area contributed by atoms with Gasteiger partial charge in [-0.25, -0.2) is 12.8 Å². The summed E-state index contributed by atoms with van der Waals surface area (Å²) in [5.41, 5.74) is 1.12. The van der Waals surface area contributed by atoms with Crippen molar-refractivity contribution in [3.05, 3.63) is 64.4 Å². The maximum absolute atomic E-state index is 13.0. The number of sulfonamides is 1. The first-order chi connectivity index (χ1) is 11.7. The minimum Gasteiger partial charge on any atom is -0.348 e. The molecule has 2 rings (SSSR count). The number of amides is 1. The highest BCUT2D eigenvalue weighted by atomic mass is 79.9. The quantitative estimate of drug-likeness (QED) is 0.767. The summed E-state index contributed by atoms with van der Waals surface area (Å²) in [4.78, 5) is 12.3. The molecule has 0 aliphatic rings. The Bertz CT molecular complexity index is 839. The minimum absolute atomic E-state index is 0.341. The topological polar surface area (TPSA) is 66.5 Å². The van der Waals surface area contributed by atoms with Gasteiger partial charge in [0.25, 0.3) is 0 Å². The van der Waals surface area contributed by atoms with Gasteiger partial charge in [0.15, 0.2) is 0 Å². The second kappa shape index (κ2) is 7.97. The summed E-state index contributed by atoms with van der Waals surface area (Å²) in [5, 5.41) is 2.72. The van der Waals surface area contributed by atoms with Gasteiger partial charge in [0, 0.05) is 4.47 Å². The molecule has 0 bridgehead atoms. The second-order valence-electron chi connectivity index (χ2n) is 5.59. The van der Waals surface area contributed by atoms with E-state index in [0.29, 0.717) is 5.69 Å².